The molecule has 0 saturated heterocycles. The van der Waals surface area contributed by atoms with Gasteiger partial charge in [0.1, 0.15) is 5.52 Å². The van der Waals surface area contributed by atoms with Crippen LogP contribution in [0.15, 0.2) is 65.7 Å². The molecule has 3 heterocycles. The van der Waals surface area contributed by atoms with Gasteiger partial charge in [-0.2, -0.15) is 0 Å². The third kappa shape index (κ3) is 3.33. The summed E-state index contributed by atoms with van der Waals surface area (Å²) in [7, 11) is -1.44. The number of H-pyrrole nitrogens is 1. The van der Waals surface area contributed by atoms with Gasteiger partial charge < -0.3 is 14.5 Å². The molecule has 0 aliphatic carbocycles. The van der Waals surface area contributed by atoms with Crippen molar-refractivity contribution in [1.82, 2.24) is 9.55 Å². The van der Waals surface area contributed by atoms with Crippen LogP contribution in [-0.2, 0) is 29.2 Å². The van der Waals surface area contributed by atoms with E-state index in [0.717, 1.165) is 22.1 Å². The van der Waals surface area contributed by atoms with E-state index in [1.807, 2.05) is 30.5 Å². The number of fused-ring (bicyclic) bond motifs is 2. The number of pyridine rings is 1. The molecule has 0 unspecified atom stereocenters. The van der Waals surface area contributed by atoms with E-state index in [9.17, 15) is 18.0 Å². The van der Waals surface area contributed by atoms with Crippen LogP contribution in [0.2, 0.25) is 0 Å². The first-order valence-corrected chi connectivity index (χ1v) is 12.2. The maximum absolute atomic E-state index is 13.5. The van der Waals surface area contributed by atoms with Gasteiger partial charge in [0.25, 0.3) is 11.5 Å². The lowest BCUT2D eigenvalue weighted by Gasteiger charge is -2.24. The molecular formula is C24H21N3O4S. The van der Waals surface area contributed by atoms with Crippen molar-refractivity contribution in [3.8, 4) is 11.1 Å². The Labute approximate surface area is 184 Å². The van der Waals surface area contributed by atoms with Crippen LogP contribution in [0.3, 0.4) is 0 Å². The van der Waals surface area contributed by atoms with Crippen LogP contribution >= 0.6 is 0 Å². The number of rotatable bonds is 3. The molecule has 0 bridgehead atoms. The minimum Gasteiger partial charge on any atom is -0.345 e. The quantitative estimate of drug-likeness (QED) is 0.522. The number of aromatic amines is 1. The number of hydrogen-bond donors (Lipinski definition) is 1. The van der Waals surface area contributed by atoms with E-state index in [4.69, 9.17) is 0 Å². The molecule has 0 atom stereocenters. The molecule has 0 radical (unpaired) electrons. The zero-order valence-corrected chi connectivity index (χ0v) is 18.4. The number of carbonyl (C=O) groups is 1. The summed E-state index contributed by atoms with van der Waals surface area (Å²) in [6.07, 6.45) is 4.71. The Kier molecular flexibility index (Phi) is 4.56. The molecule has 1 aliphatic heterocycles. The second-order valence-corrected chi connectivity index (χ2v) is 10.3. The molecule has 2 aromatic heterocycles. The normalized spacial score (nSPS) is 13.1. The smallest absolute Gasteiger partial charge is 0.272 e. The number of carbonyl (C=O) groups excluding carboxylic acids is 1. The second kappa shape index (κ2) is 7.20. The summed E-state index contributed by atoms with van der Waals surface area (Å²) in [6.45, 7) is 0.274. The number of benzene rings is 2. The summed E-state index contributed by atoms with van der Waals surface area (Å²) < 4.78 is 25.6. The summed E-state index contributed by atoms with van der Waals surface area (Å²) >= 11 is 0. The second-order valence-electron chi connectivity index (χ2n) is 8.20. The van der Waals surface area contributed by atoms with Gasteiger partial charge in [-0.05, 0) is 35.4 Å². The highest BCUT2D eigenvalue weighted by Gasteiger charge is 2.29. The fraction of sp³-hybridized carbons (Fsp3) is 0.167. The first-order valence-electron chi connectivity index (χ1n) is 10.1. The highest BCUT2D eigenvalue weighted by molar-refractivity contribution is 7.89. The number of sulfone groups is 1. The number of nitrogens with zero attached hydrogens (tertiary/aromatic N) is 2. The van der Waals surface area contributed by atoms with Crippen LogP contribution < -0.4 is 10.5 Å². The number of nitrogens with one attached hydrogen (secondary N) is 1. The average Bonchev–Trinajstić information content (AvgIpc) is 3.04. The molecule has 162 valence electrons. The highest BCUT2D eigenvalue weighted by Crippen LogP contribution is 2.42. The Bertz CT molecular complexity index is 1550. The van der Waals surface area contributed by atoms with E-state index < -0.39 is 9.84 Å². The molecule has 1 amide bonds. The summed E-state index contributed by atoms with van der Waals surface area (Å²) in [6, 6.07) is 14.4. The summed E-state index contributed by atoms with van der Waals surface area (Å²) in [5, 5.41) is 0.775. The summed E-state index contributed by atoms with van der Waals surface area (Å²) in [5.74, 6) is -0.276. The van der Waals surface area contributed by atoms with Crippen LogP contribution in [0.1, 0.15) is 21.5 Å². The summed E-state index contributed by atoms with van der Waals surface area (Å²) in [5.41, 5.74) is 4.51. The molecule has 7 nitrogen and oxygen atoms in total. The van der Waals surface area contributed by atoms with Crippen LogP contribution in [0, 0.1) is 0 Å². The van der Waals surface area contributed by atoms with Gasteiger partial charge in [-0.15, -0.1) is 0 Å². The minimum atomic E-state index is -3.24. The van der Waals surface area contributed by atoms with Crippen LogP contribution in [0.25, 0.3) is 22.0 Å². The maximum atomic E-state index is 13.5. The first kappa shape index (κ1) is 20.3. The predicted octanol–water partition coefficient (Wildman–Crippen LogP) is 3.24. The van der Waals surface area contributed by atoms with E-state index in [0.29, 0.717) is 22.3 Å². The number of hydrogen-bond acceptors (Lipinski definition) is 4. The first-order chi connectivity index (χ1) is 15.2. The van der Waals surface area contributed by atoms with Gasteiger partial charge in [0.15, 0.2) is 9.84 Å². The molecule has 5 rings (SSSR count). The SMILES string of the molecule is Cn1cc2c3c(c[nH]c(=O)c31)CN(C(=O)c1ccccc1)c1ccc(CS(C)(=O)=O)cc1-2. The van der Waals surface area contributed by atoms with E-state index in [1.165, 1.54) is 6.26 Å². The van der Waals surface area contributed by atoms with E-state index in [-0.39, 0.29) is 23.8 Å². The highest BCUT2D eigenvalue weighted by atomic mass is 32.2. The average molecular weight is 448 g/mol. The maximum Gasteiger partial charge on any atom is 0.272 e. The van der Waals surface area contributed by atoms with Gasteiger partial charge in [0.2, 0.25) is 0 Å². The van der Waals surface area contributed by atoms with Crippen molar-refractivity contribution in [1.29, 1.82) is 0 Å². The van der Waals surface area contributed by atoms with Gasteiger partial charge >= 0.3 is 0 Å². The van der Waals surface area contributed by atoms with Gasteiger partial charge in [-0.1, -0.05) is 24.3 Å². The van der Waals surface area contributed by atoms with Gasteiger partial charge in [-0.25, -0.2) is 8.42 Å². The lowest BCUT2D eigenvalue weighted by molar-refractivity contribution is 0.0985. The van der Waals surface area contributed by atoms with Gasteiger partial charge in [-0.3, -0.25) is 9.59 Å². The largest absolute Gasteiger partial charge is 0.345 e. The van der Waals surface area contributed by atoms with Crippen LogP contribution in [0.4, 0.5) is 5.69 Å². The van der Waals surface area contributed by atoms with E-state index >= 15 is 0 Å². The summed E-state index contributed by atoms with van der Waals surface area (Å²) in [4.78, 5) is 30.6. The Morgan fingerprint density at radius 1 is 1.09 bits per heavy atom. The Hall–Kier alpha value is -3.65. The fourth-order valence-electron chi connectivity index (χ4n) is 4.45. The zero-order valence-electron chi connectivity index (χ0n) is 17.6. The van der Waals surface area contributed by atoms with Crippen molar-refractivity contribution in [3.05, 3.63) is 88.0 Å². The fourth-order valence-corrected chi connectivity index (χ4v) is 5.23. The number of aromatic nitrogens is 2. The lowest BCUT2D eigenvalue weighted by Crippen LogP contribution is -2.30. The molecule has 4 aromatic rings. The zero-order chi connectivity index (χ0) is 22.6. The van der Waals surface area contributed by atoms with Crippen molar-refractivity contribution in [2.24, 2.45) is 7.05 Å². The Balaban J connectivity index is 1.79. The minimum absolute atomic E-state index is 0.106. The Morgan fingerprint density at radius 3 is 2.56 bits per heavy atom. The molecule has 1 aliphatic rings. The number of amides is 1. The number of aryl methyl sites for hydroxylation is 1. The van der Waals surface area contributed by atoms with Gasteiger partial charge in [0, 0.05) is 47.8 Å². The molecule has 2 aromatic carbocycles. The predicted molar refractivity (Wildman–Crippen MR) is 124 cm³/mol. The van der Waals surface area contributed by atoms with Crippen LogP contribution in [0.5, 0.6) is 0 Å². The molecule has 0 saturated carbocycles. The molecular weight excluding hydrogens is 426 g/mol. The van der Waals surface area contributed by atoms with Crippen molar-refractivity contribution >= 4 is 32.3 Å². The van der Waals surface area contributed by atoms with Crippen LogP contribution in [-0.4, -0.2) is 30.1 Å². The molecule has 8 heteroatoms. The van der Waals surface area contributed by atoms with E-state index in [2.05, 4.69) is 4.98 Å². The topological polar surface area (TPSA) is 92.2 Å². The van der Waals surface area contributed by atoms with Crippen molar-refractivity contribution in [3.63, 3.8) is 0 Å². The van der Waals surface area contributed by atoms with Gasteiger partial charge in [0.05, 0.1) is 18.0 Å². The molecule has 1 N–H and O–H groups in total. The third-order valence-electron chi connectivity index (χ3n) is 5.76. The monoisotopic (exact) mass is 447 g/mol. The third-order valence-corrected chi connectivity index (χ3v) is 6.62. The Morgan fingerprint density at radius 2 is 1.84 bits per heavy atom. The van der Waals surface area contributed by atoms with Crippen molar-refractivity contribution < 1.29 is 13.2 Å². The molecule has 0 fully saturated rings. The number of anilines is 1. The molecule has 32 heavy (non-hydrogen) atoms. The molecule has 0 spiro atoms. The standard InChI is InChI=1S/C24H21N3O4S/c1-26-13-19-18-10-15(14-32(2,30)31)8-9-20(18)27(24(29)16-6-4-3-5-7-16)12-17-11-25-23(28)22(26)21(17)19/h3-11,13H,12,14H2,1-2H3,(H,25,28). The van der Waals surface area contributed by atoms with Crippen molar-refractivity contribution in [2.75, 3.05) is 11.2 Å². The van der Waals surface area contributed by atoms with Crippen molar-refractivity contribution in [2.45, 2.75) is 12.3 Å². The van der Waals surface area contributed by atoms with E-state index in [1.54, 1.807) is 47.0 Å². The lowest BCUT2D eigenvalue weighted by atomic mass is 10.0.